The number of pyridine rings is 1. The van der Waals surface area contributed by atoms with Gasteiger partial charge in [-0.2, -0.15) is 11.3 Å². The van der Waals surface area contributed by atoms with E-state index in [-0.39, 0.29) is 5.82 Å². The molecule has 0 radical (unpaired) electrons. The van der Waals surface area contributed by atoms with Crippen LogP contribution < -0.4 is 0 Å². The number of rotatable bonds is 4. The van der Waals surface area contributed by atoms with Crippen molar-refractivity contribution >= 4 is 11.3 Å². The van der Waals surface area contributed by atoms with E-state index in [2.05, 4.69) is 15.1 Å². The van der Waals surface area contributed by atoms with Crippen molar-refractivity contribution in [3.8, 4) is 34.0 Å². The van der Waals surface area contributed by atoms with Gasteiger partial charge in [-0.25, -0.2) is 14.4 Å². The molecular weight excluding hydrogens is 363 g/mol. The molecule has 0 fully saturated rings. The number of hydrogen-bond acceptors (Lipinski definition) is 5. The van der Waals surface area contributed by atoms with E-state index in [4.69, 9.17) is 4.52 Å². The second-order valence-corrected chi connectivity index (χ2v) is 6.91. The molecule has 5 nitrogen and oxygen atoms in total. The first-order chi connectivity index (χ1) is 13.2. The van der Waals surface area contributed by atoms with E-state index in [1.807, 2.05) is 45.9 Å². The molecule has 27 heavy (non-hydrogen) atoms. The highest BCUT2D eigenvalue weighted by molar-refractivity contribution is 7.08. The largest absolute Gasteiger partial charge is 0.359 e. The highest BCUT2D eigenvalue weighted by atomic mass is 32.1. The highest BCUT2D eigenvalue weighted by Gasteiger charge is 2.14. The Balaban J connectivity index is 1.40. The number of benzene rings is 1. The summed E-state index contributed by atoms with van der Waals surface area (Å²) < 4.78 is 20.5. The van der Waals surface area contributed by atoms with Crippen molar-refractivity contribution in [2.45, 2.75) is 6.54 Å². The molecule has 2 aromatic heterocycles. The summed E-state index contributed by atoms with van der Waals surface area (Å²) in [5.74, 6) is 1.17. The molecule has 2 aliphatic heterocycles. The third-order valence-corrected chi connectivity index (χ3v) is 4.93. The first kappa shape index (κ1) is 15.9. The molecule has 0 bridgehead atoms. The van der Waals surface area contributed by atoms with Gasteiger partial charge in [0.15, 0.2) is 11.6 Å². The molecule has 0 saturated carbocycles. The Morgan fingerprint density at radius 3 is 2.63 bits per heavy atom. The van der Waals surface area contributed by atoms with Crippen LogP contribution in [0.15, 0.2) is 70.1 Å². The minimum atomic E-state index is -0.274. The number of nitrogens with zero attached hydrogens (tertiary/aromatic N) is 4. The number of halogens is 1. The van der Waals surface area contributed by atoms with Crippen LogP contribution in [0.1, 0.15) is 5.76 Å². The lowest BCUT2D eigenvalue weighted by Gasteiger charge is -2.04. The van der Waals surface area contributed by atoms with E-state index in [9.17, 15) is 4.39 Å². The molecule has 0 spiro atoms. The van der Waals surface area contributed by atoms with Gasteiger partial charge in [0.25, 0.3) is 0 Å². The Kier molecular flexibility index (Phi) is 3.79. The maximum atomic E-state index is 13.1. The zero-order valence-electron chi connectivity index (χ0n) is 14.0. The summed E-state index contributed by atoms with van der Waals surface area (Å²) in [6.07, 6.45) is 3.88. The topological polar surface area (TPSA) is 56.7 Å². The van der Waals surface area contributed by atoms with Crippen LogP contribution >= 0.6 is 11.3 Å². The standard InChI is InChI=1S/C20H13FN4OS/c21-15-3-1-13(2-4-15)18-9-16(26-24-18)10-25-7-5-17-19(11-25)23-20(22-17)14-6-8-27-12-14/h1-9,11-12H,10H2. The van der Waals surface area contributed by atoms with Crippen molar-refractivity contribution < 1.29 is 8.91 Å². The van der Waals surface area contributed by atoms with Crippen LogP contribution in [0.5, 0.6) is 0 Å². The average molecular weight is 376 g/mol. The summed E-state index contributed by atoms with van der Waals surface area (Å²) in [6.45, 7) is 0.519. The second kappa shape index (κ2) is 6.44. The first-order valence-electron chi connectivity index (χ1n) is 8.32. The summed E-state index contributed by atoms with van der Waals surface area (Å²) in [7, 11) is 0. The fourth-order valence-corrected chi connectivity index (χ4v) is 3.53. The van der Waals surface area contributed by atoms with Crippen molar-refractivity contribution in [1.82, 2.24) is 19.7 Å². The summed E-state index contributed by atoms with van der Waals surface area (Å²) >= 11 is 1.63. The van der Waals surface area contributed by atoms with Gasteiger partial charge in [-0.1, -0.05) is 5.16 Å². The van der Waals surface area contributed by atoms with Gasteiger partial charge < -0.3 is 9.09 Å². The highest BCUT2D eigenvalue weighted by Crippen LogP contribution is 2.26. The normalized spacial score (nSPS) is 11.3. The lowest BCUT2D eigenvalue weighted by Crippen LogP contribution is -1.99. The van der Waals surface area contributed by atoms with Crippen molar-refractivity contribution in [2.24, 2.45) is 0 Å². The van der Waals surface area contributed by atoms with Gasteiger partial charge in [-0.05, 0) is 41.8 Å². The van der Waals surface area contributed by atoms with Crippen LogP contribution in [0.3, 0.4) is 0 Å². The van der Waals surface area contributed by atoms with E-state index in [0.717, 1.165) is 28.3 Å². The van der Waals surface area contributed by atoms with Crippen molar-refractivity contribution in [2.75, 3.05) is 0 Å². The molecule has 0 saturated heterocycles. The summed E-state index contributed by atoms with van der Waals surface area (Å²) in [6, 6.07) is 12.0. The van der Waals surface area contributed by atoms with Crippen LogP contribution in [0.2, 0.25) is 0 Å². The molecule has 0 N–H and O–H groups in total. The number of hydrogen-bond donors (Lipinski definition) is 0. The van der Waals surface area contributed by atoms with Crippen LogP contribution in [0, 0.1) is 5.82 Å². The molecule has 0 aliphatic carbocycles. The molecule has 0 amide bonds. The quantitative estimate of drug-likeness (QED) is 0.445. The van der Waals surface area contributed by atoms with Crippen LogP contribution in [-0.2, 0) is 6.54 Å². The van der Waals surface area contributed by atoms with E-state index in [0.29, 0.717) is 18.0 Å². The van der Waals surface area contributed by atoms with Gasteiger partial charge in [0.05, 0.1) is 12.2 Å². The van der Waals surface area contributed by atoms with Gasteiger partial charge in [-0.3, -0.25) is 0 Å². The van der Waals surface area contributed by atoms with Crippen molar-refractivity contribution in [1.29, 1.82) is 0 Å². The third kappa shape index (κ3) is 3.13. The van der Waals surface area contributed by atoms with Gasteiger partial charge in [0, 0.05) is 35.0 Å². The van der Waals surface area contributed by atoms with E-state index in [1.54, 1.807) is 23.5 Å². The lowest BCUT2D eigenvalue weighted by atomic mass is 10.1. The molecular formula is C20H13FN4OS. The predicted molar refractivity (Wildman–Crippen MR) is 101 cm³/mol. The molecule has 3 aromatic rings. The molecule has 0 atom stereocenters. The van der Waals surface area contributed by atoms with E-state index >= 15 is 0 Å². The molecule has 0 unspecified atom stereocenters. The number of fused-ring (bicyclic) bond motifs is 1. The molecule has 5 rings (SSSR count). The third-order valence-electron chi connectivity index (χ3n) is 4.24. The number of imidazole rings is 1. The van der Waals surface area contributed by atoms with Gasteiger partial charge in [0.1, 0.15) is 17.2 Å². The van der Waals surface area contributed by atoms with Crippen LogP contribution in [-0.4, -0.2) is 19.7 Å². The number of thiophene rings is 1. The lowest BCUT2D eigenvalue weighted by molar-refractivity contribution is 0.378. The Labute approximate surface area is 158 Å². The van der Waals surface area contributed by atoms with Crippen molar-refractivity contribution in [3.05, 3.63) is 77.2 Å². The fourth-order valence-electron chi connectivity index (χ4n) is 2.90. The van der Waals surface area contributed by atoms with Gasteiger partial charge in [0.2, 0.25) is 0 Å². The maximum Gasteiger partial charge on any atom is 0.161 e. The zero-order chi connectivity index (χ0) is 18.2. The van der Waals surface area contributed by atoms with E-state index < -0.39 is 0 Å². The molecule has 7 heteroatoms. The minimum Gasteiger partial charge on any atom is -0.359 e. The Bertz CT molecular complexity index is 1160. The van der Waals surface area contributed by atoms with Crippen molar-refractivity contribution in [3.63, 3.8) is 0 Å². The summed E-state index contributed by atoms with van der Waals surface area (Å²) in [5, 5.41) is 8.12. The summed E-state index contributed by atoms with van der Waals surface area (Å²) in [5.41, 5.74) is 4.21. The first-order valence-corrected chi connectivity index (χ1v) is 9.26. The molecule has 2 aliphatic rings. The molecule has 1 aromatic carbocycles. The monoisotopic (exact) mass is 376 g/mol. The maximum absolute atomic E-state index is 13.1. The van der Waals surface area contributed by atoms with Gasteiger partial charge in [-0.15, -0.1) is 0 Å². The predicted octanol–water partition coefficient (Wildman–Crippen LogP) is 4.95. The Morgan fingerprint density at radius 1 is 0.963 bits per heavy atom. The average Bonchev–Trinajstić information content (AvgIpc) is 3.42. The fraction of sp³-hybridized carbons (Fsp3) is 0.0500. The Hall–Kier alpha value is -3.32. The molecule has 132 valence electrons. The molecule has 4 heterocycles. The van der Waals surface area contributed by atoms with Crippen LogP contribution in [0.4, 0.5) is 4.39 Å². The zero-order valence-corrected chi connectivity index (χ0v) is 14.9. The SMILES string of the molecule is Fc1ccc(-c2cc(Cn3ccc4nc(-c5ccsc5)nc-4c3)on2)cc1. The Morgan fingerprint density at radius 2 is 1.81 bits per heavy atom. The smallest absolute Gasteiger partial charge is 0.161 e. The van der Waals surface area contributed by atoms with Crippen LogP contribution in [0.25, 0.3) is 34.0 Å². The van der Waals surface area contributed by atoms with E-state index in [1.165, 1.54) is 12.1 Å². The second-order valence-electron chi connectivity index (χ2n) is 6.13. The summed E-state index contributed by atoms with van der Waals surface area (Å²) in [4.78, 5) is 9.18. The van der Waals surface area contributed by atoms with Gasteiger partial charge >= 0.3 is 0 Å². The number of aromatic nitrogens is 4. The minimum absolute atomic E-state index is 0.274.